The van der Waals surface area contributed by atoms with Crippen LogP contribution in [0.4, 0.5) is 0 Å². The number of ether oxygens (including phenoxy) is 2. The van der Waals surface area contributed by atoms with Crippen molar-refractivity contribution in [3.05, 3.63) is 59.2 Å². The van der Waals surface area contributed by atoms with Crippen molar-refractivity contribution in [1.82, 2.24) is 0 Å². The minimum absolute atomic E-state index is 0.239. The van der Waals surface area contributed by atoms with E-state index in [1.165, 1.54) is 20.3 Å². The molecule has 0 aliphatic rings. The maximum Gasteiger partial charge on any atom is 0.337 e. The van der Waals surface area contributed by atoms with Crippen LogP contribution in [0.3, 0.4) is 0 Å². The van der Waals surface area contributed by atoms with E-state index in [-0.39, 0.29) is 11.1 Å². The molecule has 0 fully saturated rings. The molecule has 0 saturated carbocycles. The fourth-order valence-electron chi connectivity index (χ4n) is 2.03. The van der Waals surface area contributed by atoms with E-state index >= 15 is 0 Å². The van der Waals surface area contributed by atoms with Crippen molar-refractivity contribution in [1.29, 1.82) is 5.26 Å². The first-order chi connectivity index (χ1) is 10.6. The number of hydrogen-bond donors (Lipinski definition) is 0. The Labute approximate surface area is 127 Å². The molecule has 0 saturated heterocycles. The van der Waals surface area contributed by atoms with Crippen molar-refractivity contribution in [3.63, 3.8) is 0 Å². The summed E-state index contributed by atoms with van der Waals surface area (Å²) in [5, 5.41) is 8.97. The minimum atomic E-state index is -0.552. The zero-order chi connectivity index (χ0) is 16.1. The van der Waals surface area contributed by atoms with Crippen LogP contribution in [0, 0.1) is 11.3 Å². The lowest BCUT2D eigenvalue weighted by Crippen LogP contribution is -2.07. The summed E-state index contributed by atoms with van der Waals surface area (Å²) in [5.41, 5.74) is 2.31. The third-order valence-electron chi connectivity index (χ3n) is 3.10. The normalized spacial score (nSPS) is 9.68. The maximum atomic E-state index is 11.8. The van der Waals surface area contributed by atoms with E-state index in [1.54, 1.807) is 36.4 Å². The van der Waals surface area contributed by atoms with Gasteiger partial charge in [0.1, 0.15) is 0 Å². The maximum absolute atomic E-state index is 11.8. The van der Waals surface area contributed by atoms with E-state index in [1.807, 2.05) is 0 Å². The number of hydrogen-bond acceptors (Lipinski definition) is 5. The van der Waals surface area contributed by atoms with E-state index in [9.17, 15) is 9.59 Å². The quantitative estimate of drug-likeness (QED) is 0.814. The number of esters is 2. The molecule has 0 aliphatic heterocycles. The molecular weight excluding hydrogens is 282 g/mol. The zero-order valence-corrected chi connectivity index (χ0v) is 12.1. The Bertz CT molecular complexity index is 740. The largest absolute Gasteiger partial charge is 0.465 e. The molecule has 5 nitrogen and oxygen atoms in total. The standard InChI is InChI=1S/C17H13NO4/c1-21-16(19)14-7-13(8-15(9-14)17(20)22-2)12-5-3-4-11(6-12)10-18/h3-9H,1-2H3. The molecule has 0 heterocycles. The van der Waals surface area contributed by atoms with Gasteiger partial charge in [-0.2, -0.15) is 5.26 Å². The van der Waals surface area contributed by atoms with Gasteiger partial charge in [0.2, 0.25) is 0 Å². The zero-order valence-electron chi connectivity index (χ0n) is 12.1. The number of carbonyl (C=O) groups is 2. The van der Waals surface area contributed by atoms with E-state index in [0.29, 0.717) is 11.1 Å². The summed E-state index contributed by atoms with van der Waals surface area (Å²) in [4.78, 5) is 23.5. The molecule has 2 rings (SSSR count). The van der Waals surface area contributed by atoms with Crippen LogP contribution in [-0.4, -0.2) is 26.2 Å². The number of methoxy groups -OCH3 is 2. The Hall–Kier alpha value is -3.13. The lowest BCUT2D eigenvalue weighted by atomic mass is 9.98. The van der Waals surface area contributed by atoms with Gasteiger partial charge in [-0.05, 0) is 41.5 Å². The Balaban J connectivity index is 2.61. The molecule has 0 spiro atoms. The second-order valence-electron chi connectivity index (χ2n) is 4.47. The van der Waals surface area contributed by atoms with Gasteiger partial charge in [-0.15, -0.1) is 0 Å². The van der Waals surface area contributed by atoms with Gasteiger partial charge in [-0.25, -0.2) is 9.59 Å². The summed E-state index contributed by atoms with van der Waals surface area (Å²) in [7, 11) is 2.53. The molecule has 110 valence electrons. The van der Waals surface area contributed by atoms with Crippen LogP contribution in [0.25, 0.3) is 11.1 Å². The predicted molar refractivity (Wildman–Crippen MR) is 79.3 cm³/mol. The fourth-order valence-corrected chi connectivity index (χ4v) is 2.03. The summed E-state index contributed by atoms with van der Waals surface area (Å²) in [6, 6.07) is 13.6. The Kier molecular flexibility index (Phi) is 4.54. The van der Waals surface area contributed by atoms with Crippen LogP contribution < -0.4 is 0 Å². The van der Waals surface area contributed by atoms with Gasteiger partial charge in [0.15, 0.2) is 0 Å². The average molecular weight is 295 g/mol. The third-order valence-corrected chi connectivity index (χ3v) is 3.10. The van der Waals surface area contributed by atoms with Gasteiger partial charge in [0, 0.05) is 0 Å². The fraction of sp³-hybridized carbons (Fsp3) is 0.118. The summed E-state index contributed by atoms with van der Waals surface area (Å²) in [6.45, 7) is 0. The lowest BCUT2D eigenvalue weighted by Gasteiger charge is -2.08. The number of nitrogens with zero attached hydrogens (tertiary/aromatic N) is 1. The van der Waals surface area contributed by atoms with Crippen LogP contribution in [0.15, 0.2) is 42.5 Å². The van der Waals surface area contributed by atoms with Crippen molar-refractivity contribution < 1.29 is 19.1 Å². The van der Waals surface area contributed by atoms with E-state index < -0.39 is 11.9 Å². The first-order valence-electron chi connectivity index (χ1n) is 6.41. The number of rotatable bonds is 3. The second-order valence-corrected chi connectivity index (χ2v) is 4.47. The van der Waals surface area contributed by atoms with Crippen LogP contribution in [0.5, 0.6) is 0 Å². The molecule has 22 heavy (non-hydrogen) atoms. The highest BCUT2D eigenvalue weighted by Crippen LogP contribution is 2.24. The van der Waals surface area contributed by atoms with Crippen LogP contribution in [0.1, 0.15) is 26.3 Å². The van der Waals surface area contributed by atoms with E-state index in [4.69, 9.17) is 14.7 Å². The monoisotopic (exact) mass is 295 g/mol. The smallest absolute Gasteiger partial charge is 0.337 e. The lowest BCUT2D eigenvalue weighted by molar-refractivity contribution is 0.0599. The molecule has 2 aromatic carbocycles. The first kappa shape index (κ1) is 15.3. The highest BCUT2D eigenvalue weighted by molar-refractivity contribution is 5.97. The van der Waals surface area contributed by atoms with Crippen LogP contribution >= 0.6 is 0 Å². The summed E-state index contributed by atoms with van der Waals surface area (Å²) in [6.07, 6.45) is 0. The number of carbonyl (C=O) groups excluding carboxylic acids is 2. The van der Waals surface area contributed by atoms with E-state index in [2.05, 4.69) is 6.07 Å². The molecule has 0 atom stereocenters. The molecule has 0 unspecified atom stereocenters. The van der Waals surface area contributed by atoms with Crippen molar-refractivity contribution in [2.75, 3.05) is 14.2 Å². The molecule has 0 radical (unpaired) electrons. The summed E-state index contributed by atoms with van der Waals surface area (Å²) in [5.74, 6) is -1.10. The van der Waals surface area contributed by atoms with Gasteiger partial charge < -0.3 is 9.47 Å². The molecule has 0 amide bonds. The predicted octanol–water partition coefficient (Wildman–Crippen LogP) is 2.80. The molecule has 5 heteroatoms. The molecule has 2 aromatic rings. The summed E-state index contributed by atoms with van der Waals surface area (Å²) >= 11 is 0. The highest BCUT2D eigenvalue weighted by Gasteiger charge is 2.14. The van der Waals surface area contributed by atoms with Crippen molar-refractivity contribution in [2.24, 2.45) is 0 Å². The SMILES string of the molecule is COC(=O)c1cc(C(=O)OC)cc(-c2cccc(C#N)c2)c1. The van der Waals surface area contributed by atoms with Crippen LogP contribution in [0.2, 0.25) is 0 Å². The van der Waals surface area contributed by atoms with Gasteiger partial charge in [0.05, 0.1) is 37.0 Å². The number of benzene rings is 2. The Morgan fingerprint density at radius 1 is 0.909 bits per heavy atom. The van der Waals surface area contributed by atoms with Gasteiger partial charge in [-0.1, -0.05) is 12.1 Å². The van der Waals surface area contributed by atoms with Gasteiger partial charge in [-0.3, -0.25) is 0 Å². The average Bonchev–Trinajstić information content (AvgIpc) is 2.59. The first-order valence-corrected chi connectivity index (χ1v) is 6.41. The molecule has 0 bridgehead atoms. The Morgan fingerprint density at radius 3 is 2.00 bits per heavy atom. The summed E-state index contributed by atoms with van der Waals surface area (Å²) < 4.78 is 9.39. The van der Waals surface area contributed by atoms with Crippen LogP contribution in [-0.2, 0) is 9.47 Å². The van der Waals surface area contributed by atoms with E-state index in [0.717, 1.165) is 5.56 Å². The molecule has 0 N–H and O–H groups in total. The van der Waals surface area contributed by atoms with Crippen molar-refractivity contribution in [3.8, 4) is 17.2 Å². The molecule has 0 aliphatic carbocycles. The Morgan fingerprint density at radius 2 is 1.50 bits per heavy atom. The second kappa shape index (κ2) is 6.55. The van der Waals surface area contributed by atoms with Gasteiger partial charge >= 0.3 is 11.9 Å². The van der Waals surface area contributed by atoms with Crippen molar-refractivity contribution >= 4 is 11.9 Å². The topological polar surface area (TPSA) is 76.4 Å². The number of nitriles is 1. The van der Waals surface area contributed by atoms with Gasteiger partial charge in [0.25, 0.3) is 0 Å². The third kappa shape index (κ3) is 3.13. The molecular formula is C17H13NO4. The van der Waals surface area contributed by atoms with Crippen molar-refractivity contribution in [2.45, 2.75) is 0 Å². The minimum Gasteiger partial charge on any atom is -0.465 e. The molecule has 0 aromatic heterocycles. The highest BCUT2D eigenvalue weighted by atomic mass is 16.5.